The van der Waals surface area contributed by atoms with Crippen LogP contribution in [0.15, 0.2) is 29.2 Å². The second kappa shape index (κ2) is 5.81. The van der Waals surface area contributed by atoms with Gasteiger partial charge in [-0.15, -0.1) is 12.6 Å². The van der Waals surface area contributed by atoms with Gasteiger partial charge in [-0.1, -0.05) is 19.1 Å². The minimum atomic E-state index is -0.170. The number of rotatable bonds is 4. The highest BCUT2D eigenvalue weighted by Gasteiger charge is 2.08. The third kappa shape index (κ3) is 4.38. The molecule has 0 aliphatic carbocycles. The maximum atomic E-state index is 11.4. The summed E-state index contributed by atoms with van der Waals surface area (Å²) >= 11 is 4.18. The molecule has 2 nitrogen and oxygen atoms in total. The number of thiol groups is 1. The van der Waals surface area contributed by atoms with E-state index in [0.717, 1.165) is 16.9 Å². The molecule has 0 bridgehead atoms. The predicted molar refractivity (Wildman–Crippen MR) is 63.2 cm³/mol. The summed E-state index contributed by atoms with van der Waals surface area (Å²) in [6.45, 7) is 3.89. The molecule has 3 heteroatoms. The van der Waals surface area contributed by atoms with Crippen molar-refractivity contribution in [3.63, 3.8) is 0 Å². The average molecular weight is 224 g/mol. The third-order valence-corrected chi connectivity index (χ3v) is 2.49. The predicted octanol–water partition coefficient (Wildman–Crippen LogP) is 2.86. The highest BCUT2D eigenvalue weighted by atomic mass is 32.1. The van der Waals surface area contributed by atoms with E-state index >= 15 is 0 Å². The molecule has 0 radical (unpaired) electrons. The van der Waals surface area contributed by atoms with Crippen molar-refractivity contribution in [1.82, 2.24) is 0 Å². The van der Waals surface area contributed by atoms with Crippen LogP contribution in [-0.4, -0.2) is 12.1 Å². The van der Waals surface area contributed by atoms with Crippen LogP contribution < -0.4 is 0 Å². The molecule has 0 amide bonds. The maximum Gasteiger partial charge on any atom is 0.310 e. The molecule has 15 heavy (non-hydrogen) atoms. The molecule has 0 aliphatic heterocycles. The summed E-state index contributed by atoms with van der Waals surface area (Å²) in [4.78, 5) is 12.3. The molecule has 1 unspecified atom stereocenters. The van der Waals surface area contributed by atoms with Crippen molar-refractivity contribution in [2.75, 3.05) is 0 Å². The van der Waals surface area contributed by atoms with Crippen LogP contribution in [0, 0.1) is 0 Å². The molecule has 0 fully saturated rings. The number of hydrogen-bond donors (Lipinski definition) is 1. The topological polar surface area (TPSA) is 26.3 Å². The van der Waals surface area contributed by atoms with Crippen LogP contribution in [0.4, 0.5) is 0 Å². The number of ether oxygens (including phenoxy) is 1. The third-order valence-electron chi connectivity index (χ3n) is 2.19. The first-order valence-corrected chi connectivity index (χ1v) is 5.54. The Morgan fingerprint density at radius 2 is 2.00 bits per heavy atom. The lowest BCUT2D eigenvalue weighted by molar-refractivity contribution is -0.147. The molecule has 0 aliphatic rings. The molecule has 1 aromatic rings. The molecule has 1 rings (SSSR count). The van der Waals surface area contributed by atoms with E-state index in [9.17, 15) is 4.79 Å². The van der Waals surface area contributed by atoms with Crippen LogP contribution in [0.25, 0.3) is 0 Å². The Morgan fingerprint density at radius 1 is 1.40 bits per heavy atom. The normalized spacial score (nSPS) is 12.2. The van der Waals surface area contributed by atoms with E-state index in [-0.39, 0.29) is 12.1 Å². The summed E-state index contributed by atoms with van der Waals surface area (Å²) in [6.07, 6.45) is 1.18. The van der Waals surface area contributed by atoms with Gasteiger partial charge in [0.1, 0.15) is 0 Å². The Morgan fingerprint density at radius 3 is 2.53 bits per heavy atom. The standard InChI is InChI=1S/C12H16O2S/c1-3-9(2)14-12(13)8-10-4-6-11(15)7-5-10/h4-7,9,15H,3,8H2,1-2H3. The van der Waals surface area contributed by atoms with Gasteiger partial charge in [-0.05, 0) is 31.0 Å². The first-order valence-electron chi connectivity index (χ1n) is 5.09. The molecular formula is C12H16O2S. The molecule has 0 heterocycles. The lowest BCUT2D eigenvalue weighted by Crippen LogP contribution is -2.15. The van der Waals surface area contributed by atoms with E-state index in [0.29, 0.717) is 6.42 Å². The van der Waals surface area contributed by atoms with E-state index in [4.69, 9.17) is 4.74 Å². The molecule has 0 saturated heterocycles. The fraction of sp³-hybridized carbons (Fsp3) is 0.417. The van der Waals surface area contributed by atoms with E-state index in [1.165, 1.54) is 0 Å². The molecule has 1 aromatic carbocycles. The second-order valence-corrected chi connectivity index (χ2v) is 4.07. The SMILES string of the molecule is CCC(C)OC(=O)Cc1ccc(S)cc1. The molecule has 82 valence electrons. The Balaban J connectivity index is 2.48. The first kappa shape index (κ1) is 12.1. The minimum absolute atomic E-state index is 0.00153. The summed E-state index contributed by atoms with van der Waals surface area (Å²) < 4.78 is 5.18. The number of esters is 1. The summed E-state index contributed by atoms with van der Waals surface area (Å²) in [5.41, 5.74) is 0.959. The fourth-order valence-electron chi connectivity index (χ4n) is 1.13. The van der Waals surface area contributed by atoms with Gasteiger partial charge in [0.25, 0.3) is 0 Å². The van der Waals surface area contributed by atoms with E-state index in [1.54, 1.807) is 0 Å². The number of hydrogen-bond acceptors (Lipinski definition) is 3. The van der Waals surface area contributed by atoms with Gasteiger partial charge in [-0.25, -0.2) is 0 Å². The van der Waals surface area contributed by atoms with Gasteiger partial charge in [-0.3, -0.25) is 4.79 Å². The molecule has 0 N–H and O–H groups in total. The van der Waals surface area contributed by atoms with Gasteiger partial charge >= 0.3 is 5.97 Å². The number of carbonyl (C=O) groups is 1. The zero-order chi connectivity index (χ0) is 11.3. The van der Waals surface area contributed by atoms with E-state index in [1.807, 2.05) is 38.1 Å². The summed E-state index contributed by atoms with van der Waals surface area (Å²) in [7, 11) is 0. The first-order chi connectivity index (χ1) is 7.11. The maximum absolute atomic E-state index is 11.4. The van der Waals surface area contributed by atoms with Crippen molar-refractivity contribution < 1.29 is 9.53 Å². The largest absolute Gasteiger partial charge is 0.462 e. The van der Waals surface area contributed by atoms with Gasteiger partial charge < -0.3 is 4.74 Å². The lowest BCUT2D eigenvalue weighted by Gasteiger charge is -2.10. The Hall–Kier alpha value is -0.960. The van der Waals surface area contributed by atoms with Crippen molar-refractivity contribution >= 4 is 18.6 Å². The average Bonchev–Trinajstić information content (AvgIpc) is 2.21. The highest BCUT2D eigenvalue weighted by molar-refractivity contribution is 7.80. The van der Waals surface area contributed by atoms with Crippen LogP contribution in [0.2, 0.25) is 0 Å². The molecule has 0 aromatic heterocycles. The van der Waals surface area contributed by atoms with Crippen molar-refractivity contribution in [2.24, 2.45) is 0 Å². The Kier molecular flexibility index (Phi) is 4.69. The fourth-order valence-corrected chi connectivity index (χ4v) is 1.28. The van der Waals surface area contributed by atoms with Crippen LogP contribution in [0.5, 0.6) is 0 Å². The van der Waals surface area contributed by atoms with Gasteiger partial charge in [-0.2, -0.15) is 0 Å². The molecule has 0 spiro atoms. The zero-order valence-electron chi connectivity index (χ0n) is 9.06. The van der Waals surface area contributed by atoms with Gasteiger partial charge in [0.2, 0.25) is 0 Å². The molecular weight excluding hydrogens is 208 g/mol. The van der Waals surface area contributed by atoms with E-state index < -0.39 is 0 Å². The van der Waals surface area contributed by atoms with Crippen molar-refractivity contribution in [1.29, 1.82) is 0 Å². The van der Waals surface area contributed by atoms with E-state index in [2.05, 4.69) is 12.6 Å². The van der Waals surface area contributed by atoms with Gasteiger partial charge in [0, 0.05) is 4.90 Å². The minimum Gasteiger partial charge on any atom is -0.462 e. The monoisotopic (exact) mass is 224 g/mol. The second-order valence-electron chi connectivity index (χ2n) is 3.55. The number of benzene rings is 1. The summed E-state index contributed by atoms with van der Waals surface area (Å²) in [5, 5.41) is 0. The zero-order valence-corrected chi connectivity index (χ0v) is 9.96. The molecule has 0 saturated carbocycles. The van der Waals surface area contributed by atoms with Crippen molar-refractivity contribution in [3.8, 4) is 0 Å². The highest BCUT2D eigenvalue weighted by Crippen LogP contribution is 2.09. The van der Waals surface area contributed by atoms with Crippen molar-refractivity contribution in [2.45, 2.75) is 37.7 Å². The molecule has 1 atom stereocenters. The van der Waals surface area contributed by atoms with Crippen LogP contribution >= 0.6 is 12.6 Å². The summed E-state index contributed by atoms with van der Waals surface area (Å²) in [5.74, 6) is -0.170. The van der Waals surface area contributed by atoms with Crippen LogP contribution in [0.1, 0.15) is 25.8 Å². The quantitative estimate of drug-likeness (QED) is 0.628. The Bertz CT molecular complexity index is 319. The van der Waals surface area contributed by atoms with Gasteiger partial charge in [0.05, 0.1) is 12.5 Å². The van der Waals surface area contributed by atoms with Gasteiger partial charge in [0.15, 0.2) is 0 Å². The van der Waals surface area contributed by atoms with Crippen molar-refractivity contribution in [3.05, 3.63) is 29.8 Å². The lowest BCUT2D eigenvalue weighted by atomic mass is 10.1. The van der Waals surface area contributed by atoms with Crippen LogP contribution in [-0.2, 0) is 16.0 Å². The Labute approximate surface area is 96.1 Å². The summed E-state index contributed by atoms with van der Waals surface area (Å²) in [6, 6.07) is 7.52. The van der Waals surface area contributed by atoms with Crippen LogP contribution in [0.3, 0.4) is 0 Å². The smallest absolute Gasteiger partial charge is 0.310 e. The number of carbonyl (C=O) groups excluding carboxylic acids is 1.